The molecule has 26 heteroatoms. The molecule has 9 N–H and O–H groups in total. The van der Waals surface area contributed by atoms with Crippen molar-refractivity contribution in [2.45, 2.75) is 64.2 Å². The van der Waals surface area contributed by atoms with Crippen LogP contribution in [0.2, 0.25) is 0 Å². The molecule has 0 radical (unpaired) electrons. The minimum absolute atomic E-state index is 0.0555. The zero-order valence-electron chi connectivity index (χ0n) is 47.2. The van der Waals surface area contributed by atoms with Crippen LogP contribution in [0.5, 0.6) is 11.5 Å². The molecular weight excluding hydrogens is 1060 g/mol. The normalized spacial score (nSPS) is 11.1. The van der Waals surface area contributed by atoms with E-state index in [1.54, 1.807) is 36.4 Å². The highest BCUT2D eigenvalue weighted by atomic mass is 16.7. The van der Waals surface area contributed by atoms with Crippen molar-refractivity contribution in [3.63, 3.8) is 0 Å². The Morgan fingerprint density at radius 1 is 0.358 bits per heavy atom. The SMILES string of the molecule is Nc1cc(OCCCC(=O)NCCCOCCOCCOCCCNC(=O)CCOCCOCCOCCOCCOCCC(=O)NCCCOCCOCNOCCCNC(=O)CCCOc2ccc(C=O)c(N)c2)ccc1C=O. The van der Waals surface area contributed by atoms with Crippen molar-refractivity contribution in [3.8, 4) is 11.5 Å². The van der Waals surface area contributed by atoms with Gasteiger partial charge in [0.25, 0.3) is 0 Å². The summed E-state index contributed by atoms with van der Waals surface area (Å²) in [7, 11) is 0. The number of nitrogens with one attached hydrogen (secondary N) is 5. The number of anilines is 2. The number of rotatable bonds is 58. The van der Waals surface area contributed by atoms with Crippen LogP contribution in [0.25, 0.3) is 0 Å². The number of nitrogen functional groups attached to an aromatic ring is 2. The highest BCUT2D eigenvalue weighted by Crippen LogP contribution is 2.20. The monoisotopic (exact) mass is 1150 g/mol. The van der Waals surface area contributed by atoms with E-state index in [4.69, 9.17) is 73.1 Å². The van der Waals surface area contributed by atoms with E-state index in [1.807, 2.05) is 0 Å². The van der Waals surface area contributed by atoms with E-state index in [2.05, 4.69) is 26.7 Å². The van der Waals surface area contributed by atoms with Crippen molar-refractivity contribution in [2.24, 2.45) is 0 Å². The molecule has 2 rings (SSSR count). The Kier molecular flexibility index (Phi) is 46.3. The van der Waals surface area contributed by atoms with Crippen LogP contribution < -0.4 is 47.7 Å². The lowest BCUT2D eigenvalue weighted by Gasteiger charge is -2.09. The van der Waals surface area contributed by atoms with Crippen molar-refractivity contribution in [3.05, 3.63) is 47.5 Å². The fraction of sp³-hybridized carbons (Fsp3) is 0.673. The molecule has 26 nitrogen and oxygen atoms in total. The minimum atomic E-state index is -0.0962. The van der Waals surface area contributed by atoms with Gasteiger partial charge in [0.05, 0.1) is 126 Å². The highest BCUT2D eigenvalue weighted by molar-refractivity contribution is 5.84. The molecule has 0 aliphatic rings. The summed E-state index contributed by atoms with van der Waals surface area (Å²) in [5.41, 5.74) is 15.8. The third-order valence-electron chi connectivity index (χ3n) is 10.9. The lowest BCUT2D eigenvalue weighted by Crippen LogP contribution is -2.27. The molecule has 0 saturated carbocycles. The Labute approximate surface area is 476 Å². The van der Waals surface area contributed by atoms with Gasteiger partial charge in [-0.25, -0.2) is 0 Å². The van der Waals surface area contributed by atoms with Gasteiger partial charge in [0.2, 0.25) is 23.6 Å². The van der Waals surface area contributed by atoms with Crippen LogP contribution in [0.4, 0.5) is 11.4 Å². The minimum Gasteiger partial charge on any atom is -0.494 e. The van der Waals surface area contributed by atoms with Gasteiger partial charge in [-0.05, 0) is 62.8 Å². The maximum absolute atomic E-state index is 12.0. The quantitative estimate of drug-likeness (QED) is 0.0164. The molecule has 0 bridgehead atoms. The fourth-order valence-electron chi connectivity index (χ4n) is 6.58. The molecule has 2 aromatic rings. The summed E-state index contributed by atoms with van der Waals surface area (Å²) < 4.78 is 66.1. The van der Waals surface area contributed by atoms with Crippen LogP contribution in [-0.2, 0) is 71.4 Å². The Morgan fingerprint density at radius 2 is 0.667 bits per heavy atom. The van der Waals surface area contributed by atoms with E-state index in [-0.39, 0.29) is 43.2 Å². The number of hydroxylamine groups is 1. The lowest BCUT2D eigenvalue weighted by atomic mass is 10.2. The van der Waals surface area contributed by atoms with Gasteiger partial charge in [-0.3, -0.25) is 33.6 Å². The maximum atomic E-state index is 12.0. The average Bonchev–Trinajstić information content (AvgIpc) is 3.46. The second-order valence-electron chi connectivity index (χ2n) is 17.6. The fourth-order valence-corrected chi connectivity index (χ4v) is 6.58. The Bertz CT molecular complexity index is 1810. The third kappa shape index (κ3) is 43.7. The summed E-state index contributed by atoms with van der Waals surface area (Å²) >= 11 is 0. The summed E-state index contributed by atoms with van der Waals surface area (Å²) in [5.74, 6) is 0.792. The summed E-state index contributed by atoms with van der Waals surface area (Å²) in [4.78, 5) is 75.0. The molecule has 460 valence electrons. The van der Waals surface area contributed by atoms with Crippen molar-refractivity contribution >= 4 is 47.6 Å². The second kappa shape index (κ2) is 52.5. The molecule has 0 aliphatic carbocycles. The molecule has 0 aliphatic heterocycles. The van der Waals surface area contributed by atoms with Crippen LogP contribution >= 0.6 is 0 Å². The molecule has 0 spiro atoms. The molecule has 4 amide bonds. The maximum Gasteiger partial charge on any atom is 0.222 e. The van der Waals surface area contributed by atoms with Gasteiger partial charge in [0.1, 0.15) is 18.2 Å². The molecule has 81 heavy (non-hydrogen) atoms. The van der Waals surface area contributed by atoms with E-state index in [9.17, 15) is 28.8 Å². The molecule has 0 aromatic heterocycles. The Morgan fingerprint density at radius 3 is 1.01 bits per heavy atom. The van der Waals surface area contributed by atoms with Crippen LogP contribution in [0.15, 0.2) is 36.4 Å². The second-order valence-corrected chi connectivity index (χ2v) is 17.6. The van der Waals surface area contributed by atoms with Gasteiger partial charge < -0.3 is 89.6 Å². The number of carbonyl (C=O) groups excluding carboxylic acids is 6. The zero-order chi connectivity index (χ0) is 58.3. The van der Waals surface area contributed by atoms with E-state index < -0.39 is 0 Å². The number of amides is 4. The number of benzene rings is 2. The topological polar surface area (TPSA) is 335 Å². The van der Waals surface area contributed by atoms with Crippen molar-refractivity contribution in [1.29, 1.82) is 0 Å². The number of hydrogen-bond acceptors (Lipinski definition) is 22. The van der Waals surface area contributed by atoms with Gasteiger partial charge >= 0.3 is 0 Å². The largest absolute Gasteiger partial charge is 0.494 e. The van der Waals surface area contributed by atoms with Crippen molar-refractivity contribution in [2.75, 3.05) is 190 Å². The van der Waals surface area contributed by atoms with E-state index >= 15 is 0 Å². The van der Waals surface area contributed by atoms with E-state index in [1.165, 1.54) is 0 Å². The van der Waals surface area contributed by atoms with E-state index in [0.29, 0.717) is 269 Å². The summed E-state index contributed by atoms with van der Waals surface area (Å²) in [6.45, 7) is 11.1. The number of hydrogen-bond donors (Lipinski definition) is 7. The third-order valence-corrected chi connectivity index (χ3v) is 10.9. The first-order chi connectivity index (χ1) is 39.7. The molecule has 0 atom stereocenters. The predicted octanol–water partition coefficient (Wildman–Crippen LogP) is 1.94. The van der Waals surface area contributed by atoms with Crippen LogP contribution in [0.3, 0.4) is 0 Å². The van der Waals surface area contributed by atoms with Crippen molar-refractivity contribution in [1.82, 2.24) is 26.7 Å². The van der Waals surface area contributed by atoms with Gasteiger partial charge in [0, 0.05) is 106 Å². The molecule has 0 heterocycles. The lowest BCUT2D eigenvalue weighted by molar-refractivity contribution is -0.123. The first-order valence-electron chi connectivity index (χ1n) is 27.9. The van der Waals surface area contributed by atoms with Crippen molar-refractivity contribution < 1.29 is 90.4 Å². The molecule has 0 fully saturated rings. The van der Waals surface area contributed by atoms with Crippen LogP contribution in [0, 0.1) is 0 Å². The molecule has 0 unspecified atom stereocenters. The zero-order valence-corrected chi connectivity index (χ0v) is 47.2. The first-order valence-corrected chi connectivity index (χ1v) is 27.9. The molecule has 0 saturated heterocycles. The highest BCUT2D eigenvalue weighted by Gasteiger charge is 2.07. The molecule has 2 aromatic carbocycles. The summed E-state index contributed by atoms with van der Waals surface area (Å²) in [5, 5.41) is 11.4. The Hall–Kier alpha value is -5.62. The standard InChI is InChI=1S/C55H91N7O19/c56-50-41-48(11-9-46(50)43-63)79-22-1-7-52(65)58-15-3-19-69-27-31-74-32-28-70-20-4-16-60-54(67)13-25-72-29-33-75-35-37-77-38-36-76-34-30-73-26-14-55(68)61-17-5-21-71-39-40-78-45-62-81-24-6-18-59-53(66)8-2-23-80-49-12-10-47(44-64)51(57)42-49/h9-12,41-44,62H,1-8,13-40,45,56-57H2,(H,58,65)(H,59,66)(H,60,67)(H,61,68). The van der Waals surface area contributed by atoms with Gasteiger partial charge in [0.15, 0.2) is 12.6 Å². The number of aldehydes is 2. The number of carbonyl (C=O) groups is 6. The number of ether oxygens (including phenoxy) is 12. The number of nitrogens with two attached hydrogens (primary N) is 2. The van der Waals surface area contributed by atoms with Crippen LogP contribution in [-0.4, -0.2) is 214 Å². The Balaban J connectivity index is 1.17. The predicted molar refractivity (Wildman–Crippen MR) is 299 cm³/mol. The first kappa shape index (κ1) is 71.5. The summed E-state index contributed by atoms with van der Waals surface area (Å²) in [6, 6.07) is 9.70. The average molecular weight is 1150 g/mol. The smallest absolute Gasteiger partial charge is 0.222 e. The molecular formula is C55H91N7O19. The van der Waals surface area contributed by atoms with E-state index in [0.717, 1.165) is 0 Å². The summed E-state index contributed by atoms with van der Waals surface area (Å²) in [6.07, 6.45) is 6.30. The van der Waals surface area contributed by atoms with Gasteiger partial charge in [-0.2, -0.15) is 5.48 Å². The van der Waals surface area contributed by atoms with Gasteiger partial charge in [-0.15, -0.1) is 0 Å². The van der Waals surface area contributed by atoms with Crippen LogP contribution in [0.1, 0.15) is 84.9 Å². The van der Waals surface area contributed by atoms with Gasteiger partial charge in [-0.1, -0.05) is 0 Å².